The van der Waals surface area contributed by atoms with Gasteiger partial charge in [-0.3, -0.25) is 4.79 Å². The Bertz CT molecular complexity index is 1300. The van der Waals surface area contributed by atoms with E-state index in [4.69, 9.17) is 16.3 Å². The van der Waals surface area contributed by atoms with E-state index in [-0.39, 0.29) is 17.7 Å². The van der Waals surface area contributed by atoms with Gasteiger partial charge in [-0.25, -0.2) is 4.98 Å². The second-order valence-electron chi connectivity index (χ2n) is 7.49. The summed E-state index contributed by atoms with van der Waals surface area (Å²) in [6.07, 6.45) is 1.64. The number of hydrogen-bond acceptors (Lipinski definition) is 7. The largest absolute Gasteiger partial charge is 0.489 e. The average Bonchev–Trinajstić information content (AvgIpc) is 3.14. The lowest BCUT2D eigenvalue weighted by Crippen LogP contribution is -2.20. The summed E-state index contributed by atoms with van der Waals surface area (Å²) in [5.74, 6) is 1.80. The lowest BCUT2D eigenvalue weighted by molar-refractivity contribution is 0.243. The SMILES string of the molecule is Cc1nnnn1-c1ccnc(N[C@@H](C)c2cc3cc(Cl)c(OC(C)C)cc3[nH]c2=O)c1. The molecule has 0 saturated carbocycles. The first-order valence-electron chi connectivity index (χ1n) is 9.83. The van der Waals surface area contributed by atoms with Crippen molar-refractivity contribution in [3.63, 3.8) is 0 Å². The maximum absolute atomic E-state index is 12.8. The van der Waals surface area contributed by atoms with Crippen molar-refractivity contribution in [2.75, 3.05) is 5.32 Å². The number of ether oxygens (including phenoxy) is 1. The Morgan fingerprint density at radius 3 is 2.71 bits per heavy atom. The summed E-state index contributed by atoms with van der Waals surface area (Å²) in [5, 5.41) is 16.1. The number of H-pyrrole nitrogens is 1. The minimum atomic E-state index is -0.309. The van der Waals surface area contributed by atoms with E-state index in [1.807, 2.05) is 39.8 Å². The number of aromatic amines is 1. The predicted molar refractivity (Wildman–Crippen MR) is 119 cm³/mol. The minimum absolute atomic E-state index is 0.0227. The lowest BCUT2D eigenvalue weighted by atomic mass is 10.1. The smallest absolute Gasteiger partial charge is 0.253 e. The van der Waals surface area contributed by atoms with Gasteiger partial charge in [-0.05, 0) is 56.3 Å². The Balaban J connectivity index is 1.63. The molecule has 1 aromatic carbocycles. The number of aryl methyl sites for hydroxylation is 1. The molecule has 0 unspecified atom stereocenters. The molecule has 0 spiro atoms. The molecule has 31 heavy (non-hydrogen) atoms. The molecule has 3 aromatic heterocycles. The number of hydrogen-bond donors (Lipinski definition) is 2. The van der Waals surface area contributed by atoms with Crippen LogP contribution in [-0.2, 0) is 0 Å². The molecule has 0 radical (unpaired) electrons. The summed E-state index contributed by atoms with van der Waals surface area (Å²) in [4.78, 5) is 20.0. The van der Waals surface area contributed by atoms with Crippen LogP contribution in [-0.4, -0.2) is 36.3 Å². The van der Waals surface area contributed by atoms with Crippen molar-refractivity contribution in [1.82, 2.24) is 30.2 Å². The summed E-state index contributed by atoms with van der Waals surface area (Å²) < 4.78 is 7.32. The molecule has 160 valence electrons. The molecular formula is C21H22ClN7O2. The van der Waals surface area contributed by atoms with Crippen molar-refractivity contribution in [3.8, 4) is 11.4 Å². The number of anilines is 1. The Kier molecular flexibility index (Phi) is 5.60. The van der Waals surface area contributed by atoms with E-state index in [0.29, 0.717) is 33.5 Å². The second kappa shape index (κ2) is 8.35. The number of benzene rings is 1. The number of fused-ring (bicyclic) bond motifs is 1. The highest BCUT2D eigenvalue weighted by molar-refractivity contribution is 6.32. The third kappa shape index (κ3) is 4.36. The van der Waals surface area contributed by atoms with Gasteiger partial charge in [0.2, 0.25) is 0 Å². The average molecular weight is 440 g/mol. The lowest BCUT2D eigenvalue weighted by Gasteiger charge is -2.16. The molecule has 9 nitrogen and oxygen atoms in total. The van der Waals surface area contributed by atoms with E-state index in [1.165, 1.54) is 0 Å². The Morgan fingerprint density at radius 2 is 2.00 bits per heavy atom. The van der Waals surface area contributed by atoms with Crippen molar-refractivity contribution in [1.29, 1.82) is 0 Å². The number of pyridine rings is 2. The van der Waals surface area contributed by atoms with Gasteiger partial charge in [-0.15, -0.1) is 5.10 Å². The van der Waals surface area contributed by atoms with E-state index in [2.05, 4.69) is 30.8 Å². The van der Waals surface area contributed by atoms with Crippen LogP contribution in [0.3, 0.4) is 0 Å². The number of tetrazole rings is 1. The summed E-state index contributed by atoms with van der Waals surface area (Å²) in [5.41, 5.74) is 1.80. The molecule has 0 amide bonds. The van der Waals surface area contributed by atoms with Crippen molar-refractivity contribution < 1.29 is 4.74 Å². The first kappa shape index (κ1) is 20.8. The number of rotatable bonds is 6. The van der Waals surface area contributed by atoms with Crippen LogP contribution < -0.4 is 15.6 Å². The summed E-state index contributed by atoms with van der Waals surface area (Å²) in [6, 6.07) is 8.69. The maximum Gasteiger partial charge on any atom is 0.253 e. The monoisotopic (exact) mass is 439 g/mol. The van der Waals surface area contributed by atoms with Crippen LogP contribution in [0.5, 0.6) is 5.75 Å². The third-order valence-electron chi connectivity index (χ3n) is 4.73. The second-order valence-corrected chi connectivity index (χ2v) is 7.90. The van der Waals surface area contributed by atoms with Gasteiger partial charge in [0.05, 0.1) is 28.4 Å². The van der Waals surface area contributed by atoms with E-state index in [9.17, 15) is 4.79 Å². The molecule has 4 aromatic rings. The Hall–Kier alpha value is -3.46. The minimum Gasteiger partial charge on any atom is -0.489 e. The summed E-state index contributed by atoms with van der Waals surface area (Å²) in [6.45, 7) is 7.55. The van der Waals surface area contributed by atoms with Gasteiger partial charge in [0.25, 0.3) is 5.56 Å². The highest BCUT2D eigenvalue weighted by atomic mass is 35.5. The van der Waals surface area contributed by atoms with Crippen molar-refractivity contribution in [3.05, 3.63) is 63.3 Å². The first-order chi connectivity index (χ1) is 14.8. The van der Waals surface area contributed by atoms with E-state index >= 15 is 0 Å². The van der Waals surface area contributed by atoms with Crippen LogP contribution in [0, 0.1) is 6.92 Å². The number of aromatic nitrogens is 6. The van der Waals surface area contributed by atoms with E-state index < -0.39 is 0 Å². The molecule has 0 bridgehead atoms. The van der Waals surface area contributed by atoms with Crippen molar-refractivity contribution in [2.45, 2.75) is 39.8 Å². The Morgan fingerprint density at radius 1 is 1.19 bits per heavy atom. The van der Waals surface area contributed by atoms with Crippen molar-refractivity contribution in [2.24, 2.45) is 0 Å². The normalized spacial score (nSPS) is 12.3. The molecule has 0 saturated heterocycles. The van der Waals surface area contributed by atoms with E-state index in [0.717, 1.165) is 11.1 Å². The number of nitrogens with zero attached hydrogens (tertiary/aromatic N) is 5. The van der Waals surface area contributed by atoms with Crippen LogP contribution >= 0.6 is 11.6 Å². The molecule has 4 rings (SSSR count). The van der Waals surface area contributed by atoms with Gasteiger partial charge in [0.1, 0.15) is 11.6 Å². The summed E-state index contributed by atoms with van der Waals surface area (Å²) >= 11 is 6.37. The fraction of sp³-hybridized carbons (Fsp3) is 0.286. The first-order valence-corrected chi connectivity index (χ1v) is 10.2. The van der Waals surface area contributed by atoms with Gasteiger partial charge >= 0.3 is 0 Å². The van der Waals surface area contributed by atoms with Crippen LogP contribution in [0.1, 0.15) is 38.2 Å². The number of nitrogens with one attached hydrogen (secondary N) is 2. The zero-order valence-electron chi connectivity index (χ0n) is 17.5. The van der Waals surface area contributed by atoms with Crippen LogP contribution in [0.15, 0.2) is 41.3 Å². The predicted octanol–water partition coefficient (Wildman–Crippen LogP) is 3.82. The zero-order valence-corrected chi connectivity index (χ0v) is 18.3. The van der Waals surface area contributed by atoms with Gasteiger partial charge in [0.15, 0.2) is 5.82 Å². The van der Waals surface area contributed by atoms with Gasteiger partial charge in [-0.1, -0.05) is 11.6 Å². The molecule has 0 fully saturated rings. The molecule has 0 aliphatic carbocycles. The van der Waals surface area contributed by atoms with Gasteiger partial charge in [-0.2, -0.15) is 4.68 Å². The molecule has 1 atom stereocenters. The zero-order chi connectivity index (χ0) is 22.1. The third-order valence-corrected chi connectivity index (χ3v) is 5.03. The molecule has 10 heteroatoms. The molecule has 0 aliphatic heterocycles. The van der Waals surface area contributed by atoms with Crippen LogP contribution in [0.25, 0.3) is 16.6 Å². The number of halogens is 1. The summed E-state index contributed by atoms with van der Waals surface area (Å²) in [7, 11) is 0. The molecule has 0 aliphatic rings. The highest BCUT2D eigenvalue weighted by Gasteiger charge is 2.15. The maximum atomic E-state index is 12.8. The fourth-order valence-electron chi connectivity index (χ4n) is 3.29. The molecule has 2 N–H and O–H groups in total. The van der Waals surface area contributed by atoms with E-state index in [1.54, 1.807) is 29.1 Å². The van der Waals surface area contributed by atoms with Gasteiger partial charge < -0.3 is 15.0 Å². The van der Waals surface area contributed by atoms with Crippen LogP contribution in [0.4, 0.5) is 5.82 Å². The standard InChI is InChI=1S/C21H22ClN7O2/c1-11(2)31-19-10-18-14(8-17(19)22)7-16(21(30)25-18)12(3)24-20-9-15(5-6-23-20)29-13(4)26-27-28-29/h5-12H,1-4H3,(H,23,24)(H,25,30)/t12-/m0/s1. The molecule has 3 heterocycles. The topological polar surface area (TPSA) is 111 Å². The van der Waals surface area contributed by atoms with Crippen molar-refractivity contribution >= 4 is 28.3 Å². The Labute approximate surface area is 183 Å². The van der Waals surface area contributed by atoms with Gasteiger partial charge in [0, 0.05) is 29.3 Å². The van der Waals surface area contributed by atoms with Crippen LogP contribution in [0.2, 0.25) is 5.02 Å². The highest BCUT2D eigenvalue weighted by Crippen LogP contribution is 2.30. The quantitative estimate of drug-likeness (QED) is 0.469. The molecular weight excluding hydrogens is 418 g/mol. The fourth-order valence-corrected chi connectivity index (χ4v) is 3.51.